The van der Waals surface area contributed by atoms with Crippen LogP contribution in [-0.4, -0.2) is 39.5 Å². The Kier molecular flexibility index (Phi) is 7.46. The Morgan fingerprint density at radius 2 is 1.68 bits per heavy atom. The lowest BCUT2D eigenvalue weighted by molar-refractivity contribution is 0.272. The van der Waals surface area contributed by atoms with E-state index in [0.717, 1.165) is 29.7 Å². The second kappa shape index (κ2) is 10.2. The summed E-state index contributed by atoms with van der Waals surface area (Å²) in [5.74, 6) is 1.89. The Morgan fingerprint density at radius 1 is 1.00 bits per heavy atom. The second-order valence-corrected chi connectivity index (χ2v) is 7.91. The van der Waals surface area contributed by atoms with E-state index in [1.165, 1.54) is 11.1 Å². The van der Waals surface area contributed by atoms with Crippen LogP contribution >= 0.6 is 11.8 Å². The van der Waals surface area contributed by atoms with Crippen molar-refractivity contribution in [2.75, 3.05) is 19.8 Å². The van der Waals surface area contributed by atoms with E-state index in [-0.39, 0.29) is 6.04 Å². The molecule has 0 saturated heterocycles. The van der Waals surface area contributed by atoms with Crippen molar-refractivity contribution in [3.8, 4) is 0 Å². The quantitative estimate of drug-likeness (QED) is 0.472. The van der Waals surface area contributed by atoms with Gasteiger partial charge in [0.2, 0.25) is 0 Å². The van der Waals surface area contributed by atoms with Gasteiger partial charge in [-0.2, -0.15) is 0 Å². The van der Waals surface area contributed by atoms with Crippen molar-refractivity contribution in [1.82, 2.24) is 19.7 Å². The Morgan fingerprint density at radius 3 is 2.32 bits per heavy atom. The summed E-state index contributed by atoms with van der Waals surface area (Å²) in [7, 11) is 4.20. The Balaban J connectivity index is 1.79. The van der Waals surface area contributed by atoms with Gasteiger partial charge < -0.3 is 4.57 Å². The molecule has 1 aromatic heterocycles. The lowest BCUT2D eigenvalue weighted by Crippen LogP contribution is -2.23. The highest BCUT2D eigenvalue weighted by molar-refractivity contribution is 7.99. The molecule has 1 heterocycles. The van der Waals surface area contributed by atoms with E-state index in [9.17, 15) is 0 Å². The van der Waals surface area contributed by atoms with Gasteiger partial charge in [0.15, 0.2) is 11.0 Å². The monoisotopic (exact) mass is 392 g/mol. The molecule has 2 aromatic carbocycles. The minimum Gasteiger partial charge on any atom is -0.300 e. The first-order valence-electron chi connectivity index (χ1n) is 9.67. The molecule has 0 aliphatic carbocycles. The van der Waals surface area contributed by atoms with E-state index in [1.807, 2.05) is 6.07 Å². The maximum atomic E-state index is 4.57. The molecule has 0 aliphatic rings. The number of nitrogens with zero attached hydrogens (tertiary/aromatic N) is 4. The van der Waals surface area contributed by atoms with Crippen LogP contribution in [0.2, 0.25) is 0 Å². The van der Waals surface area contributed by atoms with Crippen LogP contribution in [0.4, 0.5) is 0 Å². The summed E-state index contributed by atoms with van der Waals surface area (Å²) in [6, 6.07) is 21.2. The first-order valence-corrected chi connectivity index (χ1v) is 10.7. The Bertz CT molecular complexity index is 872. The maximum absolute atomic E-state index is 4.57. The highest BCUT2D eigenvalue weighted by atomic mass is 32.2. The van der Waals surface area contributed by atoms with Gasteiger partial charge in [0.05, 0.1) is 12.6 Å². The van der Waals surface area contributed by atoms with Gasteiger partial charge in [-0.1, -0.05) is 91.5 Å². The molecule has 0 radical (unpaired) electrons. The third-order valence-corrected chi connectivity index (χ3v) is 5.57. The fraction of sp³-hybridized carbons (Fsp3) is 0.304. The molecule has 0 saturated carbocycles. The lowest BCUT2D eigenvalue weighted by atomic mass is 10.2. The number of thioether (sulfide) groups is 1. The summed E-state index contributed by atoms with van der Waals surface area (Å²) in [4.78, 5) is 2.22. The SMILES string of the molecule is CC[C@@H](c1nnc(SC/C=C/c2ccccc2)n1Cc1ccccc1)N(C)C. The van der Waals surface area contributed by atoms with Crippen LogP contribution in [0, 0.1) is 0 Å². The third-order valence-electron chi connectivity index (χ3n) is 4.66. The van der Waals surface area contributed by atoms with Gasteiger partial charge >= 0.3 is 0 Å². The Hall–Kier alpha value is -2.37. The van der Waals surface area contributed by atoms with Gasteiger partial charge in [0.1, 0.15) is 0 Å². The second-order valence-electron chi connectivity index (χ2n) is 6.92. The van der Waals surface area contributed by atoms with Crippen molar-refractivity contribution in [2.24, 2.45) is 0 Å². The molecule has 0 bridgehead atoms. The topological polar surface area (TPSA) is 34.0 Å². The average Bonchev–Trinajstić information content (AvgIpc) is 3.09. The zero-order valence-corrected chi connectivity index (χ0v) is 17.6. The molecular weight excluding hydrogens is 364 g/mol. The van der Waals surface area contributed by atoms with Gasteiger partial charge in [0, 0.05) is 5.75 Å². The van der Waals surface area contributed by atoms with Crippen LogP contribution < -0.4 is 0 Å². The minimum absolute atomic E-state index is 0.255. The molecule has 5 heteroatoms. The summed E-state index contributed by atoms with van der Waals surface area (Å²) in [6.45, 7) is 2.99. The number of hydrogen-bond acceptors (Lipinski definition) is 4. The molecule has 0 amide bonds. The smallest absolute Gasteiger partial charge is 0.191 e. The van der Waals surface area contributed by atoms with Crippen LogP contribution in [0.15, 0.2) is 71.9 Å². The average molecular weight is 393 g/mol. The molecule has 3 aromatic rings. The molecule has 1 atom stereocenters. The van der Waals surface area contributed by atoms with Crippen LogP contribution in [0.5, 0.6) is 0 Å². The first kappa shape index (κ1) is 20.4. The summed E-state index contributed by atoms with van der Waals surface area (Å²) in [6.07, 6.45) is 5.34. The zero-order chi connectivity index (χ0) is 19.8. The van der Waals surface area contributed by atoms with E-state index >= 15 is 0 Å². The van der Waals surface area contributed by atoms with Crippen molar-refractivity contribution in [2.45, 2.75) is 31.1 Å². The van der Waals surface area contributed by atoms with Gasteiger partial charge in [-0.05, 0) is 31.6 Å². The van der Waals surface area contributed by atoms with Crippen LogP contribution in [-0.2, 0) is 6.54 Å². The summed E-state index contributed by atoms with van der Waals surface area (Å²) < 4.78 is 2.27. The fourth-order valence-corrected chi connectivity index (χ4v) is 3.97. The van der Waals surface area contributed by atoms with E-state index in [2.05, 4.69) is 107 Å². The van der Waals surface area contributed by atoms with Crippen LogP contribution in [0.3, 0.4) is 0 Å². The Labute approximate surface area is 172 Å². The van der Waals surface area contributed by atoms with Crippen LogP contribution in [0.25, 0.3) is 6.08 Å². The third kappa shape index (κ3) is 5.33. The van der Waals surface area contributed by atoms with Gasteiger partial charge in [-0.3, -0.25) is 4.90 Å². The number of hydrogen-bond donors (Lipinski definition) is 0. The molecule has 0 N–H and O–H groups in total. The number of rotatable bonds is 9. The van der Waals surface area contributed by atoms with Gasteiger partial charge in [0.25, 0.3) is 0 Å². The standard InChI is InChI=1S/C23H28N4S/c1-4-21(26(2)3)22-24-25-23(27(22)18-20-14-9-6-10-15-20)28-17-11-16-19-12-7-5-8-13-19/h5-16,21H,4,17-18H2,1-3H3/b16-11+/t21-/m0/s1. The molecule has 3 rings (SSSR count). The highest BCUT2D eigenvalue weighted by Gasteiger charge is 2.21. The summed E-state index contributed by atoms with van der Waals surface area (Å²) >= 11 is 1.73. The van der Waals surface area contributed by atoms with E-state index in [4.69, 9.17) is 0 Å². The molecular formula is C23H28N4S. The molecule has 4 nitrogen and oxygen atoms in total. The van der Waals surface area contributed by atoms with Gasteiger partial charge in [-0.15, -0.1) is 10.2 Å². The molecule has 0 fully saturated rings. The predicted molar refractivity (Wildman–Crippen MR) is 118 cm³/mol. The normalized spacial score (nSPS) is 12.7. The van der Waals surface area contributed by atoms with Crippen molar-refractivity contribution in [3.05, 3.63) is 83.7 Å². The molecule has 0 aliphatic heterocycles. The maximum Gasteiger partial charge on any atom is 0.191 e. The molecule has 28 heavy (non-hydrogen) atoms. The zero-order valence-electron chi connectivity index (χ0n) is 16.8. The largest absolute Gasteiger partial charge is 0.300 e. The molecule has 0 unspecified atom stereocenters. The van der Waals surface area contributed by atoms with E-state index in [1.54, 1.807) is 11.8 Å². The fourth-order valence-electron chi connectivity index (χ4n) is 3.22. The lowest BCUT2D eigenvalue weighted by Gasteiger charge is -2.23. The van der Waals surface area contributed by atoms with Crippen LogP contribution in [0.1, 0.15) is 36.3 Å². The molecule has 0 spiro atoms. The predicted octanol–water partition coefficient (Wildman–Crippen LogP) is 5.14. The number of benzene rings is 2. The van der Waals surface area contributed by atoms with Crippen molar-refractivity contribution < 1.29 is 0 Å². The van der Waals surface area contributed by atoms with E-state index < -0.39 is 0 Å². The highest BCUT2D eigenvalue weighted by Crippen LogP contribution is 2.26. The van der Waals surface area contributed by atoms with E-state index in [0.29, 0.717) is 0 Å². The first-order chi connectivity index (χ1) is 13.7. The number of aromatic nitrogens is 3. The van der Waals surface area contributed by atoms with Gasteiger partial charge in [-0.25, -0.2) is 0 Å². The summed E-state index contributed by atoms with van der Waals surface area (Å²) in [5, 5.41) is 10.1. The van der Waals surface area contributed by atoms with Crippen molar-refractivity contribution in [3.63, 3.8) is 0 Å². The molecule has 146 valence electrons. The minimum atomic E-state index is 0.255. The van der Waals surface area contributed by atoms with Crippen molar-refractivity contribution >= 4 is 17.8 Å². The van der Waals surface area contributed by atoms with Crippen molar-refractivity contribution in [1.29, 1.82) is 0 Å². The summed E-state index contributed by atoms with van der Waals surface area (Å²) in [5.41, 5.74) is 2.48.